The van der Waals surface area contributed by atoms with Gasteiger partial charge in [0.2, 0.25) is 0 Å². The Morgan fingerprint density at radius 2 is 1.80 bits per heavy atom. The van der Waals surface area contributed by atoms with E-state index in [-0.39, 0.29) is 11.0 Å². The van der Waals surface area contributed by atoms with Crippen LogP contribution < -0.4 is 9.88 Å². The SMILES string of the molecule is O=C(c1cc(B(O)O)ccc1F)N(Cl)c1ccccc1. The third-order valence-corrected chi connectivity index (χ3v) is 3.03. The highest BCUT2D eigenvalue weighted by atomic mass is 35.5. The number of halogens is 2. The summed E-state index contributed by atoms with van der Waals surface area (Å²) in [6.45, 7) is 0. The number of carbonyl (C=O) groups is 1. The van der Waals surface area contributed by atoms with E-state index in [9.17, 15) is 9.18 Å². The first kappa shape index (κ1) is 14.5. The molecule has 0 fully saturated rings. The lowest BCUT2D eigenvalue weighted by Gasteiger charge is -2.14. The molecule has 0 heterocycles. The standard InChI is InChI=1S/C13H10BClFNO3/c15-17(10-4-2-1-3-5-10)13(18)11-8-9(14(19)20)6-7-12(11)16/h1-8,19-20H. The summed E-state index contributed by atoms with van der Waals surface area (Å²) in [7, 11) is -1.79. The maximum Gasteiger partial charge on any atom is 0.488 e. The first-order valence-corrected chi connectivity index (χ1v) is 6.05. The number of para-hydroxylation sites is 1. The lowest BCUT2D eigenvalue weighted by atomic mass is 9.79. The molecule has 2 rings (SSSR count). The van der Waals surface area contributed by atoms with Crippen molar-refractivity contribution in [2.45, 2.75) is 0 Å². The molecule has 0 saturated carbocycles. The molecule has 7 heteroatoms. The average Bonchev–Trinajstić information content (AvgIpc) is 2.47. The monoisotopic (exact) mass is 293 g/mol. The average molecular weight is 293 g/mol. The van der Waals surface area contributed by atoms with Crippen LogP contribution in [0.5, 0.6) is 0 Å². The Hall–Kier alpha value is -1.89. The highest BCUT2D eigenvalue weighted by Crippen LogP contribution is 2.20. The minimum Gasteiger partial charge on any atom is -0.423 e. The number of benzene rings is 2. The Bertz CT molecular complexity index is 624. The molecule has 0 atom stereocenters. The van der Waals surface area contributed by atoms with Gasteiger partial charge in [-0.1, -0.05) is 24.3 Å². The number of anilines is 1. The molecule has 4 nitrogen and oxygen atoms in total. The van der Waals surface area contributed by atoms with Crippen molar-refractivity contribution in [2.24, 2.45) is 0 Å². The molecule has 2 aromatic rings. The van der Waals surface area contributed by atoms with Crippen molar-refractivity contribution in [3.63, 3.8) is 0 Å². The fraction of sp³-hybridized carbons (Fsp3) is 0. The Labute approximate surface area is 120 Å². The lowest BCUT2D eigenvalue weighted by Crippen LogP contribution is -2.32. The number of amides is 1. The van der Waals surface area contributed by atoms with Crippen LogP contribution in [0.25, 0.3) is 0 Å². The van der Waals surface area contributed by atoms with Crippen LogP contribution in [0.1, 0.15) is 10.4 Å². The van der Waals surface area contributed by atoms with Gasteiger partial charge in [0.1, 0.15) is 5.82 Å². The van der Waals surface area contributed by atoms with E-state index in [1.807, 2.05) is 0 Å². The van der Waals surface area contributed by atoms with E-state index in [4.69, 9.17) is 21.8 Å². The van der Waals surface area contributed by atoms with E-state index < -0.39 is 18.8 Å². The van der Waals surface area contributed by atoms with Crippen LogP contribution in [-0.4, -0.2) is 23.1 Å². The van der Waals surface area contributed by atoms with Gasteiger partial charge in [-0.2, -0.15) is 0 Å². The molecule has 20 heavy (non-hydrogen) atoms. The minimum absolute atomic E-state index is 0.00729. The van der Waals surface area contributed by atoms with Crippen LogP contribution in [0.2, 0.25) is 0 Å². The highest BCUT2D eigenvalue weighted by molar-refractivity contribution is 6.58. The zero-order valence-electron chi connectivity index (χ0n) is 10.2. The van der Waals surface area contributed by atoms with Crippen LogP contribution in [0, 0.1) is 5.82 Å². The molecule has 0 aromatic heterocycles. The van der Waals surface area contributed by atoms with Crippen molar-refractivity contribution in [1.82, 2.24) is 0 Å². The van der Waals surface area contributed by atoms with Gasteiger partial charge in [0.05, 0.1) is 11.3 Å². The zero-order valence-corrected chi connectivity index (χ0v) is 11.0. The summed E-state index contributed by atoms with van der Waals surface area (Å²) >= 11 is 5.89. The summed E-state index contributed by atoms with van der Waals surface area (Å²) < 4.78 is 14.5. The normalized spacial score (nSPS) is 10.2. The molecular weight excluding hydrogens is 283 g/mol. The van der Waals surface area contributed by atoms with E-state index in [1.54, 1.807) is 30.3 Å². The smallest absolute Gasteiger partial charge is 0.423 e. The molecular formula is C13H10BClFNO3. The van der Waals surface area contributed by atoms with Gasteiger partial charge in [-0.05, 0) is 29.7 Å². The molecule has 0 aliphatic heterocycles. The first-order chi connectivity index (χ1) is 9.50. The largest absolute Gasteiger partial charge is 0.488 e. The Morgan fingerprint density at radius 1 is 1.15 bits per heavy atom. The van der Waals surface area contributed by atoms with Crippen molar-refractivity contribution in [3.05, 3.63) is 59.9 Å². The fourth-order valence-corrected chi connectivity index (χ4v) is 1.85. The second kappa shape index (κ2) is 6.05. The van der Waals surface area contributed by atoms with Gasteiger partial charge in [0.25, 0.3) is 5.91 Å². The molecule has 0 bridgehead atoms. The van der Waals surface area contributed by atoms with Gasteiger partial charge in [-0.3, -0.25) is 4.79 Å². The topological polar surface area (TPSA) is 60.8 Å². The van der Waals surface area contributed by atoms with Crippen molar-refractivity contribution in [1.29, 1.82) is 0 Å². The number of rotatable bonds is 3. The van der Waals surface area contributed by atoms with Gasteiger partial charge >= 0.3 is 7.12 Å². The maximum atomic E-state index is 13.7. The van der Waals surface area contributed by atoms with Crippen LogP contribution in [-0.2, 0) is 0 Å². The summed E-state index contributed by atoms with van der Waals surface area (Å²) in [4.78, 5) is 12.1. The molecule has 1 amide bonds. The van der Waals surface area contributed by atoms with Crippen molar-refractivity contribution < 1.29 is 19.2 Å². The van der Waals surface area contributed by atoms with Crippen LogP contribution in [0.15, 0.2) is 48.5 Å². The van der Waals surface area contributed by atoms with Crippen LogP contribution >= 0.6 is 11.8 Å². The van der Waals surface area contributed by atoms with Crippen molar-refractivity contribution in [2.75, 3.05) is 4.42 Å². The van der Waals surface area contributed by atoms with E-state index in [1.165, 1.54) is 6.07 Å². The molecule has 102 valence electrons. The van der Waals surface area contributed by atoms with E-state index in [2.05, 4.69) is 0 Å². The number of nitrogens with zero attached hydrogens (tertiary/aromatic N) is 1. The summed E-state index contributed by atoms with van der Waals surface area (Å²) in [5.74, 6) is -1.58. The minimum atomic E-state index is -1.79. The van der Waals surface area contributed by atoms with Gasteiger partial charge in [-0.25, -0.2) is 8.81 Å². The molecule has 2 aromatic carbocycles. The quantitative estimate of drug-likeness (QED) is 0.662. The van der Waals surface area contributed by atoms with Gasteiger partial charge in [0, 0.05) is 11.8 Å². The first-order valence-electron chi connectivity index (χ1n) is 5.71. The third kappa shape index (κ3) is 2.99. The zero-order chi connectivity index (χ0) is 14.7. The predicted molar refractivity (Wildman–Crippen MR) is 75.3 cm³/mol. The predicted octanol–water partition coefficient (Wildman–Crippen LogP) is 1.31. The summed E-state index contributed by atoms with van der Waals surface area (Å²) in [5, 5.41) is 18.1. The number of carbonyl (C=O) groups excluding carboxylic acids is 1. The molecule has 0 aliphatic rings. The molecule has 0 radical (unpaired) electrons. The molecule has 2 N–H and O–H groups in total. The van der Waals surface area contributed by atoms with E-state index in [0.717, 1.165) is 16.6 Å². The molecule has 0 unspecified atom stereocenters. The Morgan fingerprint density at radius 3 is 2.40 bits per heavy atom. The third-order valence-electron chi connectivity index (χ3n) is 2.68. The summed E-state index contributed by atoms with van der Waals surface area (Å²) in [5.41, 5.74) is 0.0517. The van der Waals surface area contributed by atoms with Crippen molar-refractivity contribution >= 4 is 36.0 Å². The summed E-state index contributed by atoms with van der Waals surface area (Å²) in [6, 6.07) is 11.5. The molecule has 0 spiro atoms. The van der Waals surface area contributed by atoms with Gasteiger partial charge in [0.15, 0.2) is 0 Å². The van der Waals surface area contributed by atoms with E-state index in [0.29, 0.717) is 5.69 Å². The van der Waals surface area contributed by atoms with Crippen LogP contribution in [0.3, 0.4) is 0 Å². The van der Waals surface area contributed by atoms with Crippen LogP contribution in [0.4, 0.5) is 10.1 Å². The van der Waals surface area contributed by atoms with E-state index >= 15 is 0 Å². The summed E-state index contributed by atoms with van der Waals surface area (Å²) in [6.07, 6.45) is 0. The maximum absolute atomic E-state index is 13.7. The highest BCUT2D eigenvalue weighted by Gasteiger charge is 2.22. The second-order valence-corrected chi connectivity index (χ2v) is 4.37. The van der Waals surface area contributed by atoms with Crippen molar-refractivity contribution in [3.8, 4) is 0 Å². The molecule has 0 saturated heterocycles. The second-order valence-electron chi connectivity index (χ2n) is 4.03. The van der Waals surface area contributed by atoms with Gasteiger partial charge < -0.3 is 10.0 Å². The fourth-order valence-electron chi connectivity index (χ4n) is 1.65. The Kier molecular flexibility index (Phi) is 4.39. The number of hydrogen-bond donors (Lipinski definition) is 2. The Balaban J connectivity index is 2.36. The molecule has 0 aliphatic carbocycles. The number of hydrogen-bond acceptors (Lipinski definition) is 3. The van der Waals surface area contributed by atoms with Gasteiger partial charge in [-0.15, -0.1) is 0 Å². The lowest BCUT2D eigenvalue weighted by molar-refractivity contribution is 0.100.